The minimum atomic E-state index is -1.04. The Morgan fingerprint density at radius 2 is 2.06 bits per heavy atom. The van der Waals surface area contributed by atoms with Gasteiger partial charge in [0.25, 0.3) is 0 Å². The number of hydrogen-bond acceptors (Lipinski definition) is 4. The number of hydrogen-bond donors (Lipinski definition) is 3. The first-order valence-electron chi connectivity index (χ1n) is 5.58. The third kappa shape index (κ3) is 2.82. The molecule has 0 aromatic heterocycles. The molecule has 0 radical (unpaired) electrons. The number of esters is 1. The molecule has 0 aliphatic carbocycles. The summed E-state index contributed by atoms with van der Waals surface area (Å²) in [4.78, 5) is 11.7. The van der Waals surface area contributed by atoms with Gasteiger partial charge >= 0.3 is 5.97 Å². The summed E-state index contributed by atoms with van der Waals surface area (Å²) in [6, 6.07) is 8.62. The third-order valence-electron chi connectivity index (χ3n) is 2.89. The second kappa shape index (κ2) is 5.27. The van der Waals surface area contributed by atoms with E-state index >= 15 is 0 Å². The van der Waals surface area contributed by atoms with Gasteiger partial charge in [0.1, 0.15) is 25.4 Å². The Morgan fingerprint density at radius 3 is 2.65 bits per heavy atom. The maximum Gasteiger partial charge on any atom is 0.368 e. The van der Waals surface area contributed by atoms with Crippen LogP contribution in [0.3, 0.4) is 0 Å². The Morgan fingerprint density at radius 1 is 1.35 bits per heavy atom. The van der Waals surface area contributed by atoms with Crippen LogP contribution in [0, 0.1) is 0 Å². The van der Waals surface area contributed by atoms with E-state index in [0.29, 0.717) is 6.54 Å². The second-order valence-corrected chi connectivity index (χ2v) is 4.15. The van der Waals surface area contributed by atoms with Crippen molar-refractivity contribution in [3.05, 3.63) is 35.9 Å². The number of benzene rings is 1. The number of aliphatic hydroxyl groups excluding tert-OH is 2. The highest BCUT2D eigenvalue weighted by Gasteiger charge is 2.43. The molecule has 1 aliphatic heterocycles. The average molecular weight is 238 g/mol. The number of rotatable bonds is 3. The van der Waals surface area contributed by atoms with E-state index < -0.39 is 24.2 Å². The van der Waals surface area contributed by atoms with Crippen LogP contribution >= 0.6 is 0 Å². The molecule has 4 N–H and O–H groups in total. The van der Waals surface area contributed by atoms with Gasteiger partial charge in [-0.3, -0.25) is 0 Å². The maximum absolute atomic E-state index is 11.7. The summed E-state index contributed by atoms with van der Waals surface area (Å²) in [6.45, 7) is 0.513. The molecule has 17 heavy (non-hydrogen) atoms. The van der Waals surface area contributed by atoms with Crippen LogP contribution in [0.15, 0.2) is 30.3 Å². The van der Waals surface area contributed by atoms with E-state index in [1.165, 1.54) is 0 Å². The molecule has 5 nitrogen and oxygen atoms in total. The van der Waals surface area contributed by atoms with Gasteiger partial charge in [-0.25, -0.2) is 4.79 Å². The minimum absolute atomic E-state index is 0.187. The number of aliphatic hydroxyl groups is 2. The van der Waals surface area contributed by atoms with Gasteiger partial charge in [-0.1, -0.05) is 30.3 Å². The Hall–Kier alpha value is -1.43. The Balaban J connectivity index is 1.86. The Labute approximate surface area is 99.0 Å². The van der Waals surface area contributed by atoms with Crippen molar-refractivity contribution < 1.29 is 25.1 Å². The minimum Gasteiger partial charge on any atom is -0.456 e. The predicted molar refractivity (Wildman–Crippen MR) is 58.8 cm³/mol. The molecule has 1 aromatic rings. The molecular formula is C12H16NO4+. The maximum atomic E-state index is 11.7. The summed E-state index contributed by atoms with van der Waals surface area (Å²) in [5.41, 5.74) is 0.897. The molecule has 0 bridgehead atoms. The molecule has 0 amide bonds. The number of carbonyl (C=O) groups excluding carboxylic acids is 1. The lowest BCUT2D eigenvalue weighted by atomic mass is 10.1. The van der Waals surface area contributed by atoms with E-state index in [1.807, 2.05) is 30.3 Å². The summed E-state index contributed by atoms with van der Waals surface area (Å²) in [6.07, 6.45) is -1.90. The average Bonchev–Trinajstić information content (AvgIpc) is 2.69. The monoisotopic (exact) mass is 238 g/mol. The number of ether oxygens (including phenoxy) is 1. The molecule has 1 aromatic carbocycles. The number of quaternary nitrogens is 1. The van der Waals surface area contributed by atoms with Crippen LogP contribution in [-0.2, 0) is 16.1 Å². The lowest BCUT2D eigenvalue weighted by molar-refractivity contribution is -0.664. The molecule has 1 aliphatic rings. The van der Waals surface area contributed by atoms with Gasteiger partial charge in [-0.2, -0.15) is 0 Å². The number of carbonyl (C=O) groups is 1. The van der Waals surface area contributed by atoms with Crippen molar-refractivity contribution in [1.29, 1.82) is 0 Å². The van der Waals surface area contributed by atoms with Gasteiger partial charge in [-0.05, 0) is 5.56 Å². The van der Waals surface area contributed by atoms with Gasteiger partial charge < -0.3 is 20.3 Å². The summed E-state index contributed by atoms with van der Waals surface area (Å²) in [5.74, 6) is -0.488. The van der Waals surface area contributed by atoms with Crippen molar-refractivity contribution in [3.8, 4) is 0 Å². The molecule has 0 saturated carbocycles. The second-order valence-electron chi connectivity index (χ2n) is 4.15. The zero-order valence-electron chi connectivity index (χ0n) is 9.32. The van der Waals surface area contributed by atoms with Gasteiger partial charge in [0.2, 0.25) is 6.04 Å². The Bertz CT molecular complexity index is 381. The van der Waals surface area contributed by atoms with Crippen molar-refractivity contribution in [2.24, 2.45) is 0 Å². The zero-order chi connectivity index (χ0) is 12.3. The highest BCUT2D eigenvalue weighted by Crippen LogP contribution is 2.06. The summed E-state index contributed by atoms with van der Waals surface area (Å²) >= 11 is 0. The summed E-state index contributed by atoms with van der Waals surface area (Å²) in [5, 5.41) is 20.5. The topological polar surface area (TPSA) is 83.4 Å². The van der Waals surface area contributed by atoms with Crippen molar-refractivity contribution in [3.63, 3.8) is 0 Å². The molecule has 3 atom stereocenters. The SMILES string of the molecule is O=C(OCc1ccccc1)[C@H]1[NH2+]C[C@@H](O)[C@H]1O. The largest absolute Gasteiger partial charge is 0.456 e. The molecule has 92 valence electrons. The van der Waals surface area contributed by atoms with E-state index in [9.17, 15) is 15.0 Å². The van der Waals surface area contributed by atoms with E-state index in [4.69, 9.17) is 4.74 Å². The molecule has 0 unspecified atom stereocenters. The van der Waals surface area contributed by atoms with E-state index in [-0.39, 0.29) is 6.61 Å². The lowest BCUT2D eigenvalue weighted by Gasteiger charge is -2.11. The van der Waals surface area contributed by atoms with Crippen LogP contribution in [0.2, 0.25) is 0 Å². The van der Waals surface area contributed by atoms with Crippen molar-refractivity contribution in [2.45, 2.75) is 24.9 Å². The molecule has 1 heterocycles. The predicted octanol–water partition coefficient (Wildman–Crippen LogP) is -1.60. The van der Waals surface area contributed by atoms with E-state index in [1.54, 1.807) is 5.32 Å². The van der Waals surface area contributed by atoms with Crippen LogP contribution in [0.1, 0.15) is 5.56 Å². The fraction of sp³-hybridized carbons (Fsp3) is 0.417. The highest BCUT2D eigenvalue weighted by atomic mass is 16.5. The van der Waals surface area contributed by atoms with Gasteiger partial charge in [0.15, 0.2) is 0 Å². The van der Waals surface area contributed by atoms with E-state index in [0.717, 1.165) is 5.56 Å². The van der Waals surface area contributed by atoms with Crippen LogP contribution in [0.4, 0.5) is 0 Å². The molecule has 1 fully saturated rings. The molecule has 2 rings (SSSR count). The van der Waals surface area contributed by atoms with Crippen LogP contribution in [0.25, 0.3) is 0 Å². The first-order valence-corrected chi connectivity index (χ1v) is 5.58. The van der Waals surface area contributed by atoms with Gasteiger partial charge in [0, 0.05) is 0 Å². The van der Waals surface area contributed by atoms with Crippen LogP contribution < -0.4 is 5.32 Å². The third-order valence-corrected chi connectivity index (χ3v) is 2.89. The molecule has 5 heteroatoms. The quantitative estimate of drug-likeness (QED) is 0.554. The summed E-state index contributed by atoms with van der Waals surface area (Å²) in [7, 11) is 0. The lowest BCUT2D eigenvalue weighted by Crippen LogP contribution is -2.90. The first-order chi connectivity index (χ1) is 8.18. The first kappa shape index (κ1) is 12.0. The Kier molecular flexibility index (Phi) is 3.73. The van der Waals surface area contributed by atoms with E-state index in [2.05, 4.69) is 0 Å². The van der Waals surface area contributed by atoms with Crippen molar-refractivity contribution in [2.75, 3.05) is 6.54 Å². The zero-order valence-corrected chi connectivity index (χ0v) is 9.32. The molecule has 1 saturated heterocycles. The highest BCUT2D eigenvalue weighted by molar-refractivity contribution is 5.75. The van der Waals surface area contributed by atoms with Crippen LogP contribution in [-0.4, -0.2) is 41.0 Å². The van der Waals surface area contributed by atoms with Crippen molar-refractivity contribution >= 4 is 5.97 Å². The molecule has 0 spiro atoms. The van der Waals surface area contributed by atoms with Gasteiger partial charge in [-0.15, -0.1) is 0 Å². The van der Waals surface area contributed by atoms with Crippen LogP contribution in [0.5, 0.6) is 0 Å². The fourth-order valence-corrected chi connectivity index (χ4v) is 1.86. The smallest absolute Gasteiger partial charge is 0.368 e. The number of nitrogens with two attached hydrogens (primary N) is 1. The fourth-order valence-electron chi connectivity index (χ4n) is 1.86. The standard InChI is InChI=1S/C12H15NO4/c14-9-6-13-10(11(9)15)12(16)17-7-8-4-2-1-3-5-8/h1-5,9-11,13-15H,6-7H2/p+1/t9-,10+,11-/m1/s1. The van der Waals surface area contributed by atoms with Gasteiger partial charge in [0.05, 0.1) is 0 Å². The summed E-state index contributed by atoms with van der Waals surface area (Å²) < 4.78 is 5.09. The van der Waals surface area contributed by atoms with Crippen molar-refractivity contribution in [1.82, 2.24) is 0 Å². The normalized spacial score (nSPS) is 28.0. The molecular weight excluding hydrogens is 222 g/mol.